The second kappa shape index (κ2) is 5.24. The highest BCUT2D eigenvalue weighted by atomic mass is 19.3. The molecule has 0 bridgehead atoms. The van der Waals surface area contributed by atoms with Gasteiger partial charge in [-0.2, -0.15) is 4.98 Å². The number of halogens is 4. The van der Waals surface area contributed by atoms with E-state index in [2.05, 4.69) is 9.72 Å². The summed E-state index contributed by atoms with van der Waals surface area (Å²) in [6.07, 6.45) is -9.94. The standard InChI is InChI=1S/C10H11F4N3O4/c11-3-1-17(9(20)16-6(3)15)7-4(19)5(12)10(2-18,21-7)8(13)14/h1,4-5,7-8,18-19H,2H2,(H2,15,16,20)/t4-,5-,7-,10-/m1/s1. The topological polar surface area (TPSA) is 111 Å². The quantitative estimate of drug-likeness (QED) is 0.629. The van der Waals surface area contributed by atoms with Gasteiger partial charge in [-0.05, 0) is 0 Å². The molecule has 0 radical (unpaired) electrons. The van der Waals surface area contributed by atoms with Gasteiger partial charge in [0.2, 0.25) is 0 Å². The van der Waals surface area contributed by atoms with Crippen LogP contribution in [-0.2, 0) is 4.74 Å². The average molecular weight is 313 g/mol. The van der Waals surface area contributed by atoms with Crippen molar-refractivity contribution in [3.63, 3.8) is 0 Å². The van der Waals surface area contributed by atoms with E-state index in [9.17, 15) is 27.5 Å². The summed E-state index contributed by atoms with van der Waals surface area (Å²) in [6, 6.07) is 0. The van der Waals surface area contributed by atoms with Gasteiger partial charge >= 0.3 is 5.69 Å². The Morgan fingerprint density at radius 1 is 1.57 bits per heavy atom. The van der Waals surface area contributed by atoms with Crippen LogP contribution in [0.2, 0.25) is 0 Å². The molecule has 7 nitrogen and oxygen atoms in total. The van der Waals surface area contributed by atoms with Crippen molar-refractivity contribution in [2.75, 3.05) is 12.3 Å². The Morgan fingerprint density at radius 3 is 2.67 bits per heavy atom. The first kappa shape index (κ1) is 15.7. The lowest BCUT2D eigenvalue weighted by Crippen LogP contribution is -2.50. The van der Waals surface area contributed by atoms with Crippen LogP contribution in [0.15, 0.2) is 11.0 Å². The summed E-state index contributed by atoms with van der Waals surface area (Å²) in [5.41, 5.74) is 0.800. The molecule has 4 atom stereocenters. The molecule has 11 heteroatoms. The molecule has 1 aromatic rings. The fraction of sp³-hybridized carbons (Fsp3) is 0.600. The predicted octanol–water partition coefficient (Wildman–Crippen LogP) is -0.811. The van der Waals surface area contributed by atoms with Crippen LogP contribution in [0.3, 0.4) is 0 Å². The lowest BCUT2D eigenvalue weighted by Gasteiger charge is -2.27. The molecule has 2 heterocycles. The summed E-state index contributed by atoms with van der Waals surface area (Å²) in [4.78, 5) is 14.6. The zero-order valence-electron chi connectivity index (χ0n) is 10.3. The monoisotopic (exact) mass is 313 g/mol. The molecule has 1 aliphatic heterocycles. The van der Waals surface area contributed by atoms with E-state index >= 15 is 0 Å². The van der Waals surface area contributed by atoms with Gasteiger partial charge in [-0.1, -0.05) is 0 Å². The van der Waals surface area contributed by atoms with Crippen LogP contribution in [0.1, 0.15) is 6.23 Å². The molecule has 0 unspecified atom stereocenters. The van der Waals surface area contributed by atoms with Gasteiger partial charge in [0.25, 0.3) is 6.43 Å². The molecule has 21 heavy (non-hydrogen) atoms. The van der Waals surface area contributed by atoms with Gasteiger partial charge in [-0.3, -0.25) is 4.57 Å². The number of alkyl halides is 3. The van der Waals surface area contributed by atoms with E-state index in [-0.39, 0.29) is 0 Å². The summed E-state index contributed by atoms with van der Waals surface area (Å²) in [5, 5.41) is 18.6. The molecule has 0 aliphatic carbocycles. The molecule has 0 spiro atoms. The molecule has 118 valence electrons. The van der Waals surface area contributed by atoms with E-state index < -0.39 is 54.5 Å². The smallest absolute Gasteiger partial charge is 0.351 e. The number of anilines is 1. The van der Waals surface area contributed by atoms with Crippen molar-refractivity contribution in [2.45, 2.75) is 30.5 Å². The van der Waals surface area contributed by atoms with Crippen LogP contribution in [0.4, 0.5) is 23.4 Å². The number of rotatable bonds is 3. The molecule has 1 saturated heterocycles. The van der Waals surface area contributed by atoms with E-state index in [1.807, 2.05) is 0 Å². The van der Waals surface area contributed by atoms with E-state index in [0.29, 0.717) is 10.8 Å². The van der Waals surface area contributed by atoms with Gasteiger partial charge in [0, 0.05) is 0 Å². The van der Waals surface area contributed by atoms with Crippen molar-refractivity contribution in [1.82, 2.24) is 9.55 Å². The number of nitrogens with two attached hydrogens (primary N) is 1. The second-order valence-corrected chi connectivity index (χ2v) is 4.48. The molecular weight excluding hydrogens is 302 g/mol. The predicted molar refractivity (Wildman–Crippen MR) is 59.7 cm³/mol. The zero-order chi connectivity index (χ0) is 15.9. The minimum Gasteiger partial charge on any atom is -0.393 e. The average Bonchev–Trinajstić information content (AvgIpc) is 2.68. The summed E-state index contributed by atoms with van der Waals surface area (Å²) < 4.78 is 57.9. The lowest BCUT2D eigenvalue weighted by atomic mass is 9.98. The van der Waals surface area contributed by atoms with E-state index in [1.54, 1.807) is 0 Å². The number of nitrogens with zero attached hydrogens (tertiary/aromatic N) is 2. The number of hydrogen-bond acceptors (Lipinski definition) is 6. The summed E-state index contributed by atoms with van der Waals surface area (Å²) in [5.74, 6) is -1.93. The van der Waals surface area contributed by atoms with Gasteiger partial charge in [0.1, 0.15) is 6.10 Å². The minimum absolute atomic E-state index is 0.294. The van der Waals surface area contributed by atoms with E-state index in [1.165, 1.54) is 0 Å². The van der Waals surface area contributed by atoms with Gasteiger partial charge in [-0.25, -0.2) is 22.4 Å². The number of aliphatic hydroxyl groups excluding tert-OH is 2. The number of hydrogen-bond donors (Lipinski definition) is 3. The van der Waals surface area contributed by atoms with Crippen molar-refractivity contribution in [2.24, 2.45) is 0 Å². The van der Waals surface area contributed by atoms with Gasteiger partial charge in [0.15, 0.2) is 29.6 Å². The van der Waals surface area contributed by atoms with Crippen LogP contribution in [0.25, 0.3) is 0 Å². The third-order valence-corrected chi connectivity index (χ3v) is 3.22. The van der Waals surface area contributed by atoms with Crippen LogP contribution >= 0.6 is 0 Å². The van der Waals surface area contributed by atoms with Crippen LogP contribution < -0.4 is 11.4 Å². The van der Waals surface area contributed by atoms with Crippen molar-refractivity contribution in [3.05, 3.63) is 22.5 Å². The van der Waals surface area contributed by atoms with Gasteiger partial charge in [0.05, 0.1) is 12.8 Å². The maximum atomic E-state index is 13.9. The number of aliphatic hydroxyl groups is 2. The molecule has 4 N–H and O–H groups in total. The SMILES string of the molecule is Nc1nc(=O)n([C@@H]2O[C@@](CO)(C(F)F)[C@H](F)[C@H]2O)cc1F. The Hall–Kier alpha value is -1.72. The second-order valence-electron chi connectivity index (χ2n) is 4.48. The Labute approximate surface area is 114 Å². The lowest BCUT2D eigenvalue weighted by molar-refractivity contribution is -0.186. The molecule has 1 aromatic heterocycles. The van der Waals surface area contributed by atoms with Gasteiger partial charge < -0.3 is 20.7 Å². The first-order chi connectivity index (χ1) is 9.74. The summed E-state index contributed by atoms with van der Waals surface area (Å²) in [6.45, 7) is -1.45. The number of ether oxygens (including phenoxy) is 1. The van der Waals surface area contributed by atoms with E-state index in [0.717, 1.165) is 0 Å². The number of nitrogen functional groups attached to an aromatic ring is 1. The maximum absolute atomic E-state index is 13.9. The Morgan fingerprint density at radius 2 is 2.19 bits per heavy atom. The maximum Gasteiger partial charge on any atom is 0.351 e. The summed E-state index contributed by atoms with van der Waals surface area (Å²) >= 11 is 0. The zero-order valence-corrected chi connectivity index (χ0v) is 10.3. The van der Waals surface area contributed by atoms with Gasteiger partial charge in [-0.15, -0.1) is 0 Å². The normalized spacial score (nSPS) is 32.8. The first-order valence-electron chi connectivity index (χ1n) is 5.67. The molecule has 2 rings (SSSR count). The molecule has 0 saturated carbocycles. The highest BCUT2D eigenvalue weighted by molar-refractivity contribution is 5.26. The largest absolute Gasteiger partial charge is 0.393 e. The van der Waals surface area contributed by atoms with Crippen molar-refractivity contribution in [3.8, 4) is 0 Å². The van der Waals surface area contributed by atoms with Crippen LogP contribution in [0.5, 0.6) is 0 Å². The Bertz CT molecular complexity index is 598. The molecule has 0 amide bonds. The molecule has 0 aromatic carbocycles. The van der Waals surface area contributed by atoms with Crippen molar-refractivity contribution >= 4 is 5.82 Å². The third-order valence-electron chi connectivity index (χ3n) is 3.22. The molecule has 1 fully saturated rings. The Kier molecular flexibility index (Phi) is 3.91. The molecule has 1 aliphatic rings. The molecular formula is C10H11F4N3O4. The summed E-state index contributed by atoms with van der Waals surface area (Å²) in [7, 11) is 0. The highest BCUT2D eigenvalue weighted by Crippen LogP contribution is 2.42. The first-order valence-corrected chi connectivity index (χ1v) is 5.67. The van der Waals surface area contributed by atoms with Crippen LogP contribution in [0, 0.1) is 5.82 Å². The minimum atomic E-state index is -3.49. The number of aromatic nitrogens is 2. The van der Waals surface area contributed by atoms with E-state index in [4.69, 9.17) is 10.8 Å². The third kappa shape index (κ3) is 2.26. The fourth-order valence-electron chi connectivity index (χ4n) is 2.02. The van der Waals surface area contributed by atoms with Crippen molar-refractivity contribution in [1.29, 1.82) is 0 Å². The van der Waals surface area contributed by atoms with Crippen molar-refractivity contribution < 1.29 is 32.5 Å². The van der Waals surface area contributed by atoms with Crippen LogP contribution in [-0.4, -0.2) is 50.7 Å². The fourth-order valence-corrected chi connectivity index (χ4v) is 2.02. The highest BCUT2D eigenvalue weighted by Gasteiger charge is 2.61. The Balaban J connectivity index is 2.47.